The molecule has 0 amide bonds. The molecule has 0 heterocycles. The minimum Gasteiger partial charge on any atom is -0.792 e. The third kappa shape index (κ3) is 3.66. The van der Waals surface area contributed by atoms with Gasteiger partial charge in [-0.05, 0) is 5.92 Å². The molecular formula is C8H15NaS. The van der Waals surface area contributed by atoms with Crippen LogP contribution in [0.15, 0.2) is 0 Å². The normalized spacial score (nSPS) is 33.0. The van der Waals surface area contributed by atoms with Gasteiger partial charge in [0.15, 0.2) is 0 Å². The first-order chi connectivity index (χ1) is 4.33. The van der Waals surface area contributed by atoms with Crippen molar-refractivity contribution >= 4 is 12.6 Å². The predicted molar refractivity (Wildman–Crippen MR) is 43.4 cm³/mol. The van der Waals surface area contributed by atoms with Gasteiger partial charge in [-0.15, -0.1) is 0 Å². The average Bonchev–Trinajstić information content (AvgIpc) is 1.90. The molecule has 1 aliphatic rings. The van der Waals surface area contributed by atoms with Crippen LogP contribution in [0, 0.1) is 11.8 Å². The van der Waals surface area contributed by atoms with Gasteiger partial charge in [0.05, 0.1) is 0 Å². The zero-order valence-electron chi connectivity index (χ0n) is 7.10. The Morgan fingerprint density at radius 2 is 1.70 bits per heavy atom. The molecule has 2 heteroatoms. The Morgan fingerprint density at radius 1 is 1.20 bits per heavy atom. The molecule has 0 N–H and O–H groups in total. The number of hydrogen-bond acceptors (Lipinski definition) is 1. The van der Waals surface area contributed by atoms with Crippen molar-refractivity contribution in [3.05, 3.63) is 0 Å². The van der Waals surface area contributed by atoms with Gasteiger partial charge in [0.1, 0.15) is 0 Å². The first-order valence-electron chi connectivity index (χ1n) is 3.91. The monoisotopic (exact) mass is 166 g/mol. The number of rotatable bonds is 1. The van der Waals surface area contributed by atoms with Gasteiger partial charge in [0.25, 0.3) is 0 Å². The largest absolute Gasteiger partial charge is 1.00 e. The van der Waals surface area contributed by atoms with Crippen LogP contribution in [0.1, 0.15) is 32.6 Å². The molecule has 0 aromatic rings. The molecule has 1 fully saturated rings. The first kappa shape index (κ1) is 11.4. The van der Waals surface area contributed by atoms with Gasteiger partial charge in [-0.3, -0.25) is 0 Å². The van der Waals surface area contributed by atoms with Crippen LogP contribution in [-0.4, -0.2) is 5.75 Å². The molecule has 0 spiro atoms. The van der Waals surface area contributed by atoms with Gasteiger partial charge in [0, 0.05) is 0 Å². The minimum absolute atomic E-state index is 0. The molecule has 0 bridgehead atoms. The fourth-order valence-corrected chi connectivity index (χ4v) is 1.83. The Bertz CT molecular complexity index is 77.3. The fourth-order valence-electron chi connectivity index (χ4n) is 1.50. The van der Waals surface area contributed by atoms with Gasteiger partial charge in [-0.25, -0.2) is 0 Å². The summed E-state index contributed by atoms with van der Waals surface area (Å²) in [6.07, 6.45) is 5.62. The van der Waals surface area contributed by atoms with Crippen molar-refractivity contribution in [1.82, 2.24) is 0 Å². The maximum absolute atomic E-state index is 5.01. The number of hydrogen-bond donors (Lipinski definition) is 0. The summed E-state index contributed by atoms with van der Waals surface area (Å²) in [6, 6.07) is 0. The summed E-state index contributed by atoms with van der Waals surface area (Å²) < 4.78 is 0. The molecular weight excluding hydrogens is 151 g/mol. The van der Waals surface area contributed by atoms with E-state index in [1.807, 2.05) is 0 Å². The Hall–Kier alpha value is 1.35. The molecule has 1 rings (SSSR count). The molecule has 54 valence electrons. The third-order valence-electron chi connectivity index (χ3n) is 2.37. The minimum atomic E-state index is 0. The molecule has 1 aliphatic carbocycles. The second-order valence-corrected chi connectivity index (χ2v) is 3.63. The molecule has 0 radical (unpaired) electrons. The molecule has 0 aliphatic heterocycles. The van der Waals surface area contributed by atoms with E-state index in [1.54, 1.807) is 0 Å². The second kappa shape index (κ2) is 5.93. The van der Waals surface area contributed by atoms with E-state index in [1.165, 1.54) is 25.7 Å². The van der Waals surface area contributed by atoms with Gasteiger partial charge in [-0.1, -0.05) is 38.5 Å². The maximum Gasteiger partial charge on any atom is 1.00 e. The molecule has 10 heavy (non-hydrogen) atoms. The van der Waals surface area contributed by atoms with Crippen molar-refractivity contribution in [2.24, 2.45) is 11.8 Å². The standard InChI is InChI=1S/C8H16S.Na/c1-7-2-4-8(6-9)5-3-7;/h7-9H,2-6H2,1H3;/q;+1/p-1. The van der Waals surface area contributed by atoms with Crippen molar-refractivity contribution in [3.8, 4) is 0 Å². The Morgan fingerprint density at radius 3 is 2.10 bits per heavy atom. The summed E-state index contributed by atoms with van der Waals surface area (Å²) in [5, 5.41) is 0. The zero-order valence-corrected chi connectivity index (χ0v) is 9.91. The zero-order chi connectivity index (χ0) is 6.69. The quantitative estimate of drug-likeness (QED) is 0.369. The van der Waals surface area contributed by atoms with Crippen molar-refractivity contribution in [1.29, 1.82) is 0 Å². The summed E-state index contributed by atoms with van der Waals surface area (Å²) in [5.74, 6) is 2.85. The van der Waals surface area contributed by atoms with Crippen molar-refractivity contribution in [3.63, 3.8) is 0 Å². The molecule has 0 unspecified atom stereocenters. The van der Waals surface area contributed by atoms with E-state index in [4.69, 9.17) is 12.6 Å². The SMILES string of the molecule is CC1CCC(C[S-])CC1.[Na+]. The van der Waals surface area contributed by atoms with Gasteiger partial charge < -0.3 is 12.6 Å². The van der Waals surface area contributed by atoms with Crippen LogP contribution in [0.2, 0.25) is 0 Å². The smallest absolute Gasteiger partial charge is 0.792 e. The van der Waals surface area contributed by atoms with Gasteiger partial charge in [-0.2, -0.15) is 5.75 Å². The summed E-state index contributed by atoms with van der Waals surface area (Å²) in [6.45, 7) is 2.35. The average molecular weight is 166 g/mol. The van der Waals surface area contributed by atoms with Crippen LogP contribution in [0.3, 0.4) is 0 Å². The molecule has 0 atom stereocenters. The van der Waals surface area contributed by atoms with E-state index in [-0.39, 0.29) is 29.6 Å². The molecule has 0 saturated heterocycles. The molecule has 0 nitrogen and oxygen atoms in total. The summed E-state index contributed by atoms with van der Waals surface area (Å²) in [4.78, 5) is 0. The van der Waals surface area contributed by atoms with E-state index >= 15 is 0 Å². The molecule has 0 aromatic heterocycles. The molecule has 0 aromatic carbocycles. The van der Waals surface area contributed by atoms with Crippen LogP contribution in [-0.2, 0) is 12.6 Å². The predicted octanol–water partition coefficient (Wildman–Crippen LogP) is -0.636. The second-order valence-electron chi connectivity index (χ2n) is 3.29. The van der Waals surface area contributed by atoms with Crippen LogP contribution >= 0.6 is 0 Å². The van der Waals surface area contributed by atoms with Crippen LogP contribution < -0.4 is 29.6 Å². The van der Waals surface area contributed by atoms with E-state index < -0.39 is 0 Å². The summed E-state index contributed by atoms with van der Waals surface area (Å²) in [5.41, 5.74) is 0. The fraction of sp³-hybridized carbons (Fsp3) is 1.00. The molecule has 1 saturated carbocycles. The summed E-state index contributed by atoms with van der Waals surface area (Å²) >= 11 is 5.01. The van der Waals surface area contributed by atoms with Crippen LogP contribution in [0.4, 0.5) is 0 Å². The van der Waals surface area contributed by atoms with E-state index in [0.717, 1.165) is 17.6 Å². The Balaban J connectivity index is 0.000000810. The van der Waals surface area contributed by atoms with E-state index in [0.29, 0.717) is 0 Å². The first-order valence-corrected chi connectivity index (χ1v) is 4.48. The van der Waals surface area contributed by atoms with E-state index in [9.17, 15) is 0 Å². The topological polar surface area (TPSA) is 0 Å². The van der Waals surface area contributed by atoms with Crippen LogP contribution in [0.5, 0.6) is 0 Å². The van der Waals surface area contributed by atoms with Gasteiger partial charge in [0.2, 0.25) is 0 Å². The Kier molecular flexibility index (Phi) is 6.73. The van der Waals surface area contributed by atoms with Crippen molar-refractivity contribution in [2.45, 2.75) is 32.6 Å². The van der Waals surface area contributed by atoms with Crippen molar-refractivity contribution < 1.29 is 29.6 Å². The third-order valence-corrected chi connectivity index (χ3v) is 2.84. The van der Waals surface area contributed by atoms with Crippen molar-refractivity contribution in [2.75, 3.05) is 5.75 Å². The summed E-state index contributed by atoms with van der Waals surface area (Å²) in [7, 11) is 0. The van der Waals surface area contributed by atoms with Gasteiger partial charge >= 0.3 is 29.6 Å². The van der Waals surface area contributed by atoms with E-state index in [2.05, 4.69) is 6.92 Å². The Labute approximate surface area is 91.9 Å². The van der Waals surface area contributed by atoms with Crippen LogP contribution in [0.25, 0.3) is 0 Å². The maximum atomic E-state index is 5.01.